The normalized spacial score (nSPS) is 10.4. The lowest BCUT2D eigenvalue weighted by Crippen LogP contribution is -2.05. The first-order chi connectivity index (χ1) is 13.5. The number of halogens is 2. The van der Waals surface area contributed by atoms with Crippen molar-refractivity contribution in [3.8, 4) is 22.6 Å². The van der Waals surface area contributed by atoms with Crippen LogP contribution in [0.25, 0.3) is 11.1 Å². The number of carbonyl (C=O) groups is 1. The van der Waals surface area contributed by atoms with Crippen molar-refractivity contribution in [2.75, 3.05) is 14.2 Å². The Balaban J connectivity index is 1.88. The van der Waals surface area contributed by atoms with Crippen LogP contribution in [0.3, 0.4) is 0 Å². The van der Waals surface area contributed by atoms with Crippen LogP contribution in [-0.4, -0.2) is 25.2 Å². The number of esters is 1. The minimum atomic E-state index is -0.492. The molecular weight excluding hydrogens is 401 g/mol. The second-order valence-corrected chi connectivity index (χ2v) is 6.61. The van der Waals surface area contributed by atoms with Crippen molar-refractivity contribution in [2.24, 2.45) is 0 Å². The molecule has 0 bridgehead atoms. The highest BCUT2D eigenvalue weighted by atomic mass is 35.5. The topological polar surface area (TPSA) is 57.7 Å². The van der Waals surface area contributed by atoms with Gasteiger partial charge in [-0.25, -0.2) is 9.78 Å². The Bertz CT molecular complexity index is 970. The van der Waals surface area contributed by atoms with Crippen molar-refractivity contribution in [1.29, 1.82) is 0 Å². The smallest absolute Gasteiger partial charge is 0.338 e. The zero-order valence-corrected chi connectivity index (χ0v) is 16.8. The molecule has 0 N–H and O–H groups in total. The van der Waals surface area contributed by atoms with E-state index in [4.69, 9.17) is 37.4 Å². The van der Waals surface area contributed by atoms with Gasteiger partial charge < -0.3 is 14.2 Å². The second kappa shape index (κ2) is 8.95. The molecule has 0 spiro atoms. The van der Waals surface area contributed by atoms with E-state index in [1.165, 1.54) is 7.11 Å². The van der Waals surface area contributed by atoms with E-state index in [0.29, 0.717) is 29.0 Å². The van der Waals surface area contributed by atoms with Crippen molar-refractivity contribution in [1.82, 2.24) is 4.98 Å². The fourth-order valence-corrected chi connectivity index (χ4v) is 3.11. The first-order valence-electron chi connectivity index (χ1n) is 8.31. The maximum absolute atomic E-state index is 12.3. The molecule has 0 aliphatic heterocycles. The summed E-state index contributed by atoms with van der Waals surface area (Å²) in [5, 5.41) is 0.469. The Morgan fingerprint density at radius 1 is 0.929 bits per heavy atom. The molecule has 0 aliphatic rings. The summed E-state index contributed by atoms with van der Waals surface area (Å²) < 4.78 is 15.9. The summed E-state index contributed by atoms with van der Waals surface area (Å²) in [5.41, 5.74) is 2.59. The summed E-state index contributed by atoms with van der Waals surface area (Å²) in [6, 6.07) is 16.0. The lowest BCUT2D eigenvalue weighted by molar-refractivity contribution is 0.0601. The molecule has 0 fully saturated rings. The Hall–Kier alpha value is -2.76. The van der Waals surface area contributed by atoms with Crippen molar-refractivity contribution in [2.45, 2.75) is 6.61 Å². The highest BCUT2D eigenvalue weighted by Gasteiger charge is 2.16. The molecule has 5 nitrogen and oxygen atoms in total. The highest BCUT2D eigenvalue weighted by molar-refractivity contribution is 6.32. The van der Waals surface area contributed by atoms with E-state index in [1.807, 2.05) is 24.3 Å². The molecular formula is C21H17Cl2NO4. The van der Waals surface area contributed by atoms with Crippen LogP contribution in [0.2, 0.25) is 10.3 Å². The molecule has 28 heavy (non-hydrogen) atoms. The molecule has 1 aromatic heterocycles. The number of nitrogens with zero attached hydrogens (tertiary/aromatic N) is 1. The Morgan fingerprint density at radius 3 is 2.18 bits per heavy atom. The molecule has 0 atom stereocenters. The molecule has 7 heteroatoms. The first-order valence-corrected chi connectivity index (χ1v) is 9.07. The van der Waals surface area contributed by atoms with E-state index < -0.39 is 5.97 Å². The molecule has 0 aliphatic carbocycles. The van der Waals surface area contributed by atoms with E-state index in [-0.39, 0.29) is 10.3 Å². The predicted octanol–water partition coefficient (Wildman–Crippen LogP) is 5.43. The van der Waals surface area contributed by atoms with Crippen LogP contribution >= 0.6 is 23.2 Å². The van der Waals surface area contributed by atoms with Crippen LogP contribution in [0.5, 0.6) is 11.5 Å². The number of rotatable bonds is 6. The molecule has 0 unspecified atom stereocenters. The van der Waals surface area contributed by atoms with Gasteiger partial charge in [0.1, 0.15) is 28.4 Å². The van der Waals surface area contributed by atoms with Crippen LogP contribution < -0.4 is 9.47 Å². The van der Waals surface area contributed by atoms with Crippen LogP contribution in [0.15, 0.2) is 54.6 Å². The molecule has 3 rings (SSSR count). The number of benzene rings is 2. The fourth-order valence-electron chi connectivity index (χ4n) is 2.65. The number of aromatic nitrogens is 1. The van der Waals surface area contributed by atoms with Crippen LogP contribution in [0.4, 0.5) is 0 Å². The van der Waals surface area contributed by atoms with Crippen LogP contribution in [-0.2, 0) is 11.3 Å². The quantitative estimate of drug-likeness (QED) is 0.395. The molecule has 144 valence electrons. The zero-order valence-electron chi connectivity index (χ0n) is 15.2. The van der Waals surface area contributed by atoms with Gasteiger partial charge in [-0.05, 0) is 59.2 Å². The third-order valence-electron chi connectivity index (χ3n) is 4.03. The summed E-state index contributed by atoms with van der Waals surface area (Å²) in [6.07, 6.45) is 0. The molecule has 0 amide bonds. The third-order valence-corrected chi connectivity index (χ3v) is 4.42. The van der Waals surface area contributed by atoms with Gasteiger partial charge in [-0.3, -0.25) is 0 Å². The van der Waals surface area contributed by atoms with E-state index in [0.717, 1.165) is 11.3 Å². The summed E-state index contributed by atoms with van der Waals surface area (Å²) >= 11 is 12.0. The van der Waals surface area contributed by atoms with Gasteiger partial charge in [0, 0.05) is 0 Å². The SMILES string of the molecule is COC(=O)c1cc(OCc2ccc(OC)cc2)ccc1-c1cc(Cl)nc(Cl)c1. The summed E-state index contributed by atoms with van der Waals surface area (Å²) in [5.74, 6) is 0.816. The zero-order chi connectivity index (χ0) is 20.1. The van der Waals surface area contributed by atoms with E-state index in [9.17, 15) is 4.79 Å². The van der Waals surface area contributed by atoms with Gasteiger partial charge >= 0.3 is 5.97 Å². The number of pyridine rings is 1. The molecule has 0 saturated carbocycles. The molecule has 0 saturated heterocycles. The van der Waals surface area contributed by atoms with Gasteiger partial charge in [0.05, 0.1) is 19.8 Å². The summed E-state index contributed by atoms with van der Waals surface area (Å²) in [4.78, 5) is 16.2. The number of hydrogen-bond acceptors (Lipinski definition) is 5. The second-order valence-electron chi connectivity index (χ2n) is 5.84. The van der Waals surface area contributed by atoms with Crippen molar-refractivity contribution in [3.05, 3.63) is 76.0 Å². The average molecular weight is 418 g/mol. The first kappa shape index (κ1) is 20.0. The number of carbonyl (C=O) groups excluding carboxylic acids is 1. The lowest BCUT2D eigenvalue weighted by Gasteiger charge is -2.12. The monoisotopic (exact) mass is 417 g/mol. The number of hydrogen-bond donors (Lipinski definition) is 0. The molecule has 0 radical (unpaired) electrons. The van der Waals surface area contributed by atoms with Gasteiger partial charge in [-0.1, -0.05) is 35.3 Å². The Morgan fingerprint density at radius 2 is 1.57 bits per heavy atom. The third kappa shape index (κ3) is 4.74. The van der Waals surface area contributed by atoms with Crippen molar-refractivity contribution < 1.29 is 19.0 Å². The predicted molar refractivity (Wildman–Crippen MR) is 108 cm³/mol. The Labute approximate surface area is 172 Å². The summed E-state index contributed by atoms with van der Waals surface area (Å²) in [6.45, 7) is 0.344. The van der Waals surface area contributed by atoms with E-state index in [2.05, 4.69) is 4.98 Å². The van der Waals surface area contributed by atoms with Crippen LogP contribution in [0.1, 0.15) is 15.9 Å². The van der Waals surface area contributed by atoms with E-state index in [1.54, 1.807) is 37.4 Å². The van der Waals surface area contributed by atoms with Crippen LogP contribution in [0, 0.1) is 0 Å². The van der Waals surface area contributed by atoms with Gasteiger partial charge in [0.15, 0.2) is 0 Å². The Kier molecular flexibility index (Phi) is 6.39. The van der Waals surface area contributed by atoms with Gasteiger partial charge in [0.25, 0.3) is 0 Å². The minimum absolute atomic E-state index is 0.234. The van der Waals surface area contributed by atoms with Crippen molar-refractivity contribution in [3.63, 3.8) is 0 Å². The van der Waals surface area contributed by atoms with Gasteiger partial charge in [0.2, 0.25) is 0 Å². The largest absolute Gasteiger partial charge is 0.497 e. The fraction of sp³-hybridized carbons (Fsp3) is 0.143. The maximum Gasteiger partial charge on any atom is 0.338 e. The lowest BCUT2D eigenvalue weighted by atomic mass is 10.0. The standard InChI is InChI=1S/C21H17Cl2NO4/c1-26-15-5-3-13(4-6-15)12-28-16-7-8-17(18(11-16)21(25)27-2)14-9-19(22)24-20(23)10-14/h3-11H,12H2,1-2H3. The molecule has 3 aromatic rings. The summed E-state index contributed by atoms with van der Waals surface area (Å²) in [7, 11) is 2.94. The average Bonchev–Trinajstić information content (AvgIpc) is 2.71. The van der Waals surface area contributed by atoms with Crippen molar-refractivity contribution >= 4 is 29.2 Å². The van der Waals surface area contributed by atoms with Gasteiger partial charge in [-0.2, -0.15) is 0 Å². The highest BCUT2D eigenvalue weighted by Crippen LogP contribution is 2.31. The molecule has 1 heterocycles. The number of ether oxygens (including phenoxy) is 3. The number of methoxy groups -OCH3 is 2. The van der Waals surface area contributed by atoms with Gasteiger partial charge in [-0.15, -0.1) is 0 Å². The minimum Gasteiger partial charge on any atom is -0.497 e. The molecule has 2 aromatic carbocycles. The maximum atomic E-state index is 12.3. The van der Waals surface area contributed by atoms with E-state index >= 15 is 0 Å².